The van der Waals surface area contributed by atoms with Gasteiger partial charge < -0.3 is 14.8 Å². The molecule has 210 valence electrons. The first-order valence-electron chi connectivity index (χ1n) is 14.8. The van der Waals surface area contributed by atoms with Crippen LogP contribution in [-0.4, -0.2) is 40.2 Å². The first-order valence-corrected chi connectivity index (χ1v) is 14.8. The highest BCUT2D eigenvalue weighted by Gasteiger charge is 2.71. The number of aromatic amines is 1. The van der Waals surface area contributed by atoms with Crippen molar-refractivity contribution in [2.75, 3.05) is 6.61 Å². The Morgan fingerprint density at radius 2 is 1.87 bits per heavy atom. The lowest BCUT2D eigenvalue weighted by atomic mass is 9.33. The Kier molecular flexibility index (Phi) is 5.71. The second-order valence-corrected chi connectivity index (χ2v) is 13.8. The number of allylic oxidation sites excluding steroid dienone is 2. The molecule has 0 aliphatic heterocycles. The maximum atomic E-state index is 14.2. The van der Waals surface area contributed by atoms with Crippen LogP contribution in [0.5, 0.6) is 0 Å². The molecular weight excluding hydrogens is 494 g/mol. The van der Waals surface area contributed by atoms with E-state index in [1.165, 1.54) is 5.57 Å². The summed E-state index contributed by atoms with van der Waals surface area (Å²) in [5, 5.41) is 10.3. The summed E-state index contributed by atoms with van der Waals surface area (Å²) < 4.78 is 5.29. The molecule has 1 aromatic rings. The average Bonchev–Trinajstić information content (AvgIpc) is 3.23. The first-order chi connectivity index (χ1) is 18.3. The lowest BCUT2D eigenvalue weighted by Crippen LogP contribution is -2.66. The lowest BCUT2D eigenvalue weighted by Gasteiger charge is -2.70. The molecule has 7 rings (SSSR count). The number of ether oxygens (including phenoxy) is 1. The van der Waals surface area contributed by atoms with Gasteiger partial charge in [-0.3, -0.25) is 14.4 Å². The number of rotatable bonds is 4. The van der Waals surface area contributed by atoms with E-state index in [2.05, 4.69) is 31.8 Å². The van der Waals surface area contributed by atoms with Gasteiger partial charge in [0.05, 0.1) is 23.1 Å². The summed E-state index contributed by atoms with van der Waals surface area (Å²) in [5.74, 6) is -2.42. The van der Waals surface area contributed by atoms with Gasteiger partial charge in [0.15, 0.2) is 0 Å². The Morgan fingerprint density at radius 1 is 1.15 bits per heavy atom. The van der Waals surface area contributed by atoms with Crippen LogP contribution < -0.4 is 0 Å². The van der Waals surface area contributed by atoms with Crippen molar-refractivity contribution in [1.29, 1.82) is 0 Å². The van der Waals surface area contributed by atoms with Crippen LogP contribution in [-0.2, 0) is 14.3 Å². The fourth-order valence-electron chi connectivity index (χ4n) is 10.5. The highest BCUT2D eigenvalue weighted by atomic mass is 16.5. The van der Waals surface area contributed by atoms with E-state index in [-0.39, 0.29) is 58.5 Å². The maximum Gasteiger partial charge on any atom is 0.340 e. The van der Waals surface area contributed by atoms with E-state index >= 15 is 0 Å². The van der Waals surface area contributed by atoms with Crippen molar-refractivity contribution in [2.45, 2.75) is 86.0 Å². The molecule has 1 aromatic heterocycles. The molecule has 1 heterocycles. The number of ketones is 2. The number of aryl methyl sites for hydroxylation is 1. The number of carbonyl (C=O) groups is 4. The second-order valence-electron chi connectivity index (χ2n) is 13.8. The monoisotopic (exact) mass is 535 g/mol. The van der Waals surface area contributed by atoms with Gasteiger partial charge in [-0.25, -0.2) is 4.79 Å². The van der Waals surface area contributed by atoms with E-state index in [0.717, 1.165) is 31.4 Å². The van der Waals surface area contributed by atoms with Crippen molar-refractivity contribution in [2.24, 2.45) is 45.8 Å². The summed E-state index contributed by atoms with van der Waals surface area (Å²) in [5.41, 5.74) is 1.57. The molecule has 7 nitrogen and oxygen atoms in total. The molecule has 3 saturated carbocycles. The van der Waals surface area contributed by atoms with Gasteiger partial charge >= 0.3 is 11.9 Å². The van der Waals surface area contributed by atoms with Crippen LogP contribution in [0.2, 0.25) is 0 Å². The molecule has 6 aliphatic rings. The molecule has 3 fully saturated rings. The third-order valence-electron chi connectivity index (χ3n) is 11.9. The maximum absolute atomic E-state index is 14.2. The second kappa shape index (κ2) is 8.40. The number of hydrogen-bond donors (Lipinski definition) is 2. The SMILES string of the molecule is CCOC(=O)c1c(C)[nH]c2c1C(=O)C(=O)[C@@H]1[C@H]2[C@H]2C[C@@H]3[C@@]4(C)CCC[C@@](C)(C(=O)O)[C@@H]4CC[C@@]13C=C2C(C)C. The lowest BCUT2D eigenvalue weighted by molar-refractivity contribution is -0.192. The molecule has 2 bridgehead atoms. The predicted molar refractivity (Wildman–Crippen MR) is 144 cm³/mol. The number of nitrogens with one attached hydrogen (secondary N) is 1. The van der Waals surface area contributed by atoms with Crippen molar-refractivity contribution in [3.05, 3.63) is 34.2 Å². The Labute approximate surface area is 230 Å². The highest BCUT2D eigenvalue weighted by molar-refractivity contribution is 6.47. The Hall–Kier alpha value is -2.70. The van der Waals surface area contributed by atoms with E-state index in [1.54, 1.807) is 13.8 Å². The molecule has 8 atom stereocenters. The smallest absolute Gasteiger partial charge is 0.340 e. The summed E-state index contributed by atoms with van der Waals surface area (Å²) in [6, 6.07) is 0. The van der Waals surface area contributed by atoms with Crippen LogP contribution in [0, 0.1) is 52.8 Å². The topological polar surface area (TPSA) is 114 Å². The zero-order valence-corrected chi connectivity index (χ0v) is 24.0. The van der Waals surface area contributed by atoms with E-state index in [0.29, 0.717) is 18.5 Å². The van der Waals surface area contributed by atoms with Crippen molar-refractivity contribution in [3.8, 4) is 0 Å². The Bertz CT molecular complexity index is 1340. The quantitative estimate of drug-likeness (QED) is 0.283. The number of fused-ring (bicyclic) bond motifs is 2. The number of aromatic nitrogens is 1. The molecule has 0 saturated heterocycles. The minimum absolute atomic E-state index is 0.0358. The number of carboxylic acids is 1. The molecule has 39 heavy (non-hydrogen) atoms. The number of hydrogen-bond acceptors (Lipinski definition) is 5. The van der Waals surface area contributed by atoms with E-state index < -0.39 is 34.5 Å². The van der Waals surface area contributed by atoms with Crippen LogP contribution in [0.4, 0.5) is 0 Å². The van der Waals surface area contributed by atoms with Gasteiger partial charge in [0.25, 0.3) is 0 Å². The van der Waals surface area contributed by atoms with E-state index in [4.69, 9.17) is 4.74 Å². The van der Waals surface area contributed by atoms with Gasteiger partial charge in [-0.05, 0) is 82.0 Å². The summed E-state index contributed by atoms with van der Waals surface area (Å²) >= 11 is 0. The van der Waals surface area contributed by atoms with Crippen LogP contribution in [0.1, 0.15) is 111 Å². The normalized spacial score (nSPS) is 40.4. The molecule has 0 amide bonds. The molecule has 0 radical (unpaired) electrons. The fourth-order valence-corrected chi connectivity index (χ4v) is 10.5. The number of Topliss-reactive ketones (excluding diaryl/α,β-unsaturated/α-hetero) is 2. The van der Waals surface area contributed by atoms with Gasteiger partial charge in [-0.15, -0.1) is 0 Å². The standard InChI is InChI=1S/C32H41NO6/c1-7-39-28(36)21-16(4)33-25-22-17-13-20-30(5)10-8-11-31(6,29(37)38)19(30)9-12-32(20,14-18(17)15(2)3)24(22)27(35)26(34)23(21)25/h14-15,17,19-20,22,24,33H,7-13H2,1-6H3,(H,37,38)/t17-,19+,20+,22+,24-,30-,31+,32-/m0/s1. The Balaban J connectivity index is 1.54. The van der Waals surface area contributed by atoms with Crippen LogP contribution in [0.15, 0.2) is 11.6 Å². The molecule has 2 N–H and O–H groups in total. The number of H-pyrrole nitrogens is 1. The minimum atomic E-state index is -0.778. The molecular formula is C32H41NO6. The highest BCUT2D eigenvalue weighted by Crippen LogP contribution is 2.75. The fraction of sp³-hybridized carbons (Fsp3) is 0.688. The molecule has 0 aromatic carbocycles. The van der Waals surface area contributed by atoms with Crippen LogP contribution >= 0.6 is 0 Å². The number of carboxylic acid groups (broad SMARTS) is 1. The van der Waals surface area contributed by atoms with Crippen molar-refractivity contribution in [3.63, 3.8) is 0 Å². The zero-order chi connectivity index (χ0) is 28.2. The van der Waals surface area contributed by atoms with Gasteiger partial charge in [0, 0.05) is 28.6 Å². The van der Waals surface area contributed by atoms with Crippen molar-refractivity contribution in [1.82, 2.24) is 4.98 Å². The van der Waals surface area contributed by atoms with Crippen LogP contribution in [0.25, 0.3) is 0 Å². The number of aliphatic carboxylic acids is 1. The summed E-state index contributed by atoms with van der Waals surface area (Å²) in [6.45, 7) is 12.3. The molecule has 1 spiro atoms. The average molecular weight is 536 g/mol. The number of carbonyl (C=O) groups excluding carboxylic acids is 3. The Morgan fingerprint density at radius 3 is 2.51 bits per heavy atom. The van der Waals surface area contributed by atoms with Gasteiger partial charge in [-0.1, -0.05) is 38.8 Å². The van der Waals surface area contributed by atoms with E-state index in [1.807, 2.05) is 6.92 Å². The summed E-state index contributed by atoms with van der Waals surface area (Å²) in [6.07, 6.45) is 7.19. The molecule has 7 heteroatoms. The van der Waals surface area contributed by atoms with Crippen molar-refractivity contribution < 1.29 is 29.0 Å². The largest absolute Gasteiger partial charge is 0.481 e. The predicted octanol–water partition coefficient (Wildman–Crippen LogP) is 5.87. The number of esters is 1. The van der Waals surface area contributed by atoms with Crippen LogP contribution in [0.3, 0.4) is 0 Å². The third kappa shape index (κ3) is 3.16. The molecule has 0 unspecified atom stereocenters. The summed E-state index contributed by atoms with van der Waals surface area (Å²) in [7, 11) is 0. The van der Waals surface area contributed by atoms with Gasteiger partial charge in [-0.2, -0.15) is 0 Å². The molecule has 6 aliphatic carbocycles. The van der Waals surface area contributed by atoms with Crippen molar-refractivity contribution >= 4 is 23.5 Å². The summed E-state index contributed by atoms with van der Waals surface area (Å²) in [4.78, 5) is 57.0. The van der Waals surface area contributed by atoms with Gasteiger partial charge in [0.2, 0.25) is 11.6 Å². The van der Waals surface area contributed by atoms with Gasteiger partial charge in [0.1, 0.15) is 0 Å². The first kappa shape index (κ1) is 26.5. The zero-order valence-electron chi connectivity index (χ0n) is 24.0. The minimum Gasteiger partial charge on any atom is -0.481 e. The van der Waals surface area contributed by atoms with E-state index in [9.17, 15) is 24.3 Å². The third-order valence-corrected chi connectivity index (χ3v) is 11.9.